The van der Waals surface area contributed by atoms with E-state index in [1.165, 1.54) is 0 Å². The van der Waals surface area contributed by atoms with Gasteiger partial charge in [-0.15, -0.1) is 0 Å². The number of benzene rings is 2. The molecular formula is C20H25ClN2O4S. The first-order chi connectivity index (χ1) is 13.2. The zero-order valence-electron chi connectivity index (χ0n) is 16.2. The maximum atomic E-state index is 12.5. The van der Waals surface area contributed by atoms with Crippen molar-refractivity contribution in [1.29, 1.82) is 0 Å². The molecule has 152 valence electrons. The average Bonchev–Trinajstić information content (AvgIpc) is 2.66. The SMILES string of the molecule is COc1ccc(CCCNC(=O)[C@H](C)N(c2ccc(Cl)cc2)S(C)(=O)=O)cc1. The quantitative estimate of drug-likeness (QED) is 0.627. The Kier molecular flexibility index (Phi) is 7.71. The lowest BCUT2D eigenvalue weighted by atomic mass is 10.1. The maximum absolute atomic E-state index is 12.5. The van der Waals surface area contributed by atoms with Gasteiger partial charge in [-0.1, -0.05) is 23.7 Å². The number of nitrogens with one attached hydrogen (secondary N) is 1. The predicted molar refractivity (Wildman–Crippen MR) is 113 cm³/mol. The van der Waals surface area contributed by atoms with Gasteiger partial charge < -0.3 is 10.1 Å². The minimum absolute atomic E-state index is 0.352. The first-order valence-electron chi connectivity index (χ1n) is 8.88. The number of ether oxygens (including phenoxy) is 1. The molecule has 2 aromatic carbocycles. The van der Waals surface area contributed by atoms with E-state index in [0.29, 0.717) is 17.3 Å². The van der Waals surface area contributed by atoms with Crippen LogP contribution in [-0.4, -0.2) is 40.3 Å². The van der Waals surface area contributed by atoms with Crippen LogP contribution >= 0.6 is 11.6 Å². The van der Waals surface area contributed by atoms with Crippen LogP contribution in [0, 0.1) is 0 Å². The Labute approximate surface area is 171 Å². The lowest BCUT2D eigenvalue weighted by Crippen LogP contribution is -2.48. The van der Waals surface area contributed by atoms with Crippen LogP contribution < -0.4 is 14.4 Å². The highest BCUT2D eigenvalue weighted by atomic mass is 35.5. The fraction of sp³-hybridized carbons (Fsp3) is 0.350. The summed E-state index contributed by atoms with van der Waals surface area (Å²) in [6.45, 7) is 2.02. The number of sulfonamides is 1. The smallest absolute Gasteiger partial charge is 0.243 e. The van der Waals surface area contributed by atoms with Crippen LogP contribution in [0.25, 0.3) is 0 Å². The second-order valence-electron chi connectivity index (χ2n) is 6.45. The minimum Gasteiger partial charge on any atom is -0.497 e. The highest BCUT2D eigenvalue weighted by molar-refractivity contribution is 7.92. The van der Waals surface area contributed by atoms with Crippen molar-refractivity contribution in [3.05, 3.63) is 59.1 Å². The summed E-state index contributed by atoms with van der Waals surface area (Å²) in [4.78, 5) is 12.5. The summed E-state index contributed by atoms with van der Waals surface area (Å²) in [5, 5.41) is 3.31. The van der Waals surface area contributed by atoms with Gasteiger partial charge in [0, 0.05) is 11.6 Å². The van der Waals surface area contributed by atoms with Crippen molar-refractivity contribution in [2.45, 2.75) is 25.8 Å². The molecule has 2 rings (SSSR count). The molecule has 0 saturated heterocycles. The van der Waals surface area contributed by atoms with Crippen LogP contribution in [0.3, 0.4) is 0 Å². The van der Waals surface area contributed by atoms with Gasteiger partial charge in [-0.25, -0.2) is 8.42 Å². The minimum atomic E-state index is -3.64. The number of methoxy groups -OCH3 is 1. The van der Waals surface area contributed by atoms with Gasteiger partial charge in [0.1, 0.15) is 11.8 Å². The Morgan fingerprint density at radius 3 is 2.29 bits per heavy atom. The molecular weight excluding hydrogens is 400 g/mol. The van der Waals surface area contributed by atoms with Gasteiger partial charge >= 0.3 is 0 Å². The first kappa shape index (κ1) is 22.0. The highest BCUT2D eigenvalue weighted by Crippen LogP contribution is 2.23. The fourth-order valence-electron chi connectivity index (χ4n) is 2.84. The number of aryl methyl sites for hydroxylation is 1. The molecule has 0 aliphatic rings. The van der Waals surface area contributed by atoms with Crippen LogP contribution in [0.1, 0.15) is 18.9 Å². The Morgan fingerprint density at radius 1 is 1.14 bits per heavy atom. The summed E-state index contributed by atoms with van der Waals surface area (Å²) < 4.78 is 30.7. The first-order valence-corrected chi connectivity index (χ1v) is 11.1. The highest BCUT2D eigenvalue weighted by Gasteiger charge is 2.28. The number of hydrogen-bond acceptors (Lipinski definition) is 4. The van der Waals surface area contributed by atoms with E-state index in [9.17, 15) is 13.2 Å². The van der Waals surface area contributed by atoms with Crippen molar-refractivity contribution in [1.82, 2.24) is 5.32 Å². The van der Waals surface area contributed by atoms with Crippen molar-refractivity contribution in [2.24, 2.45) is 0 Å². The number of carbonyl (C=O) groups excluding carboxylic acids is 1. The fourth-order valence-corrected chi connectivity index (χ4v) is 4.14. The molecule has 0 aliphatic heterocycles. The number of rotatable bonds is 9. The molecule has 0 fully saturated rings. The molecule has 6 nitrogen and oxygen atoms in total. The number of nitrogens with zero attached hydrogens (tertiary/aromatic N) is 1. The van der Waals surface area contributed by atoms with Crippen LogP contribution in [0.4, 0.5) is 5.69 Å². The zero-order valence-corrected chi connectivity index (χ0v) is 17.8. The third-order valence-electron chi connectivity index (χ3n) is 4.27. The van der Waals surface area contributed by atoms with Crippen molar-refractivity contribution in [3.8, 4) is 5.75 Å². The summed E-state index contributed by atoms with van der Waals surface area (Å²) >= 11 is 5.87. The molecule has 0 radical (unpaired) electrons. The Morgan fingerprint density at radius 2 is 1.75 bits per heavy atom. The Bertz CT molecular complexity index is 883. The summed E-state index contributed by atoms with van der Waals surface area (Å²) in [7, 11) is -2.02. The molecule has 2 aromatic rings. The molecule has 0 saturated carbocycles. The number of halogens is 1. The van der Waals surface area contributed by atoms with Gasteiger partial charge in [-0.2, -0.15) is 0 Å². The lowest BCUT2D eigenvalue weighted by molar-refractivity contribution is -0.121. The van der Waals surface area contributed by atoms with E-state index in [1.807, 2.05) is 24.3 Å². The molecule has 1 amide bonds. The topological polar surface area (TPSA) is 75.7 Å². The van der Waals surface area contributed by atoms with E-state index >= 15 is 0 Å². The van der Waals surface area contributed by atoms with E-state index in [2.05, 4.69) is 5.32 Å². The third-order valence-corrected chi connectivity index (χ3v) is 5.76. The molecule has 0 unspecified atom stereocenters. The van der Waals surface area contributed by atoms with Crippen LogP contribution in [0.2, 0.25) is 5.02 Å². The normalized spacial score (nSPS) is 12.3. The van der Waals surface area contributed by atoms with Gasteiger partial charge in [0.2, 0.25) is 15.9 Å². The molecule has 0 aliphatic carbocycles. The lowest BCUT2D eigenvalue weighted by Gasteiger charge is -2.28. The van der Waals surface area contributed by atoms with E-state index < -0.39 is 16.1 Å². The van der Waals surface area contributed by atoms with E-state index in [4.69, 9.17) is 16.3 Å². The summed E-state index contributed by atoms with van der Waals surface area (Å²) in [6.07, 6.45) is 2.62. The largest absolute Gasteiger partial charge is 0.497 e. The van der Waals surface area contributed by atoms with Gasteiger partial charge in [0.05, 0.1) is 19.1 Å². The van der Waals surface area contributed by atoms with Crippen LogP contribution in [0.15, 0.2) is 48.5 Å². The molecule has 28 heavy (non-hydrogen) atoms. The summed E-state index contributed by atoms with van der Waals surface area (Å²) in [5.74, 6) is 0.448. The van der Waals surface area contributed by atoms with Crippen molar-refractivity contribution in [2.75, 3.05) is 24.2 Å². The van der Waals surface area contributed by atoms with Crippen LogP contribution in [0.5, 0.6) is 5.75 Å². The second-order valence-corrected chi connectivity index (χ2v) is 8.75. The molecule has 0 spiro atoms. The standard InChI is InChI=1S/C20H25ClN2O4S/c1-15(23(28(3,25)26)18-10-8-17(21)9-11-18)20(24)22-14-4-5-16-6-12-19(27-2)13-7-16/h6-13,15H,4-5,14H2,1-3H3,(H,22,24)/t15-/m0/s1. The molecule has 1 atom stereocenters. The Balaban J connectivity index is 1.94. The van der Waals surface area contributed by atoms with E-state index in [-0.39, 0.29) is 5.91 Å². The third kappa shape index (κ3) is 6.14. The van der Waals surface area contributed by atoms with Gasteiger partial charge in [0.15, 0.2) is 0 Å². The van der Waals surface area contributed by atoms with E-state index in [1.54, 1.807) is 38.3 Å². The van der Waals surface area contributed by atoms with Crippen molar-refractivity contribution >= 4 is 33.2 Å². The number of hydrogen-bond donors (Lipinski definition) is 1. The molecule has 0 heterocycles. The van der Waals surface area contributed by atoms with Gasteiger partial charge in [-0.3, -0.25) is 9.10 Å². The van der Waals surface area contributed by atoms with E-state index in [0.717, 1.165) is 34.7 Å². The number of anilines is 1. The number of amides is 1. The molecule has 0 aromatic heterocycles. The second kappa shape index (κ2) is 9.80. The number of carbonyl (C=O) groups is 1. The zero-order chi connectivity index (χ0) is 20.7. The van der Waals surface area contributed by atoms with Crippen molar-refractivity contribution in [3.63, 3.8) is 0 Å². The van der Waals surface area contributed by atoms with Crippen molar-refractivity contribution < 1.29 is 17.9 Å². The molecule has 8 heteroatoms. The Hall–Kier alpha value is -2.25. The average molecular weight is 425 g/mol. The molecule has 0 bridgehead atoms. The van der Waals surface area contributed by atoms with Gasteiger partial charge in [-0.05, 0) is 61.7 Å². The molecule has 1 N–H and O–H groups in total. The maximum Gasteiger partial charge on any atom is 0.243 e. The predicted octanol–water partition coefficient (Wildman–Crippen LogP) is 3.25. The van der Waals surface area contributed by atoms with Crippen LogP contribution in [-0.2, 0) is 21.2 Å². The summed E-state index contributed by atoms with van der Waals surface area (Å²) in [6, 6.07) is 13.2. The monoisotopic (exact) mass is 424 g/mol. The summed E-state index contributed by atoms with van der Waals surface area (Å²) in [5.41, 5.74) is 1.54. The van der Waals surface area contributed by atoms with Gasteiger partial charge in [0.25, 0.3) is 0 Å².